The van der Waals surface area contributed by atoms with Crippen molar-refractivity contribution in [3.8, 4) is 17.3 Å². The second-order valence-corrected chi connectivity index (χ2v) is 6.30. The number of alkyl halides is 3. The maximum absolute atomic E-state index is 13.7. The summed E-state index contributed by atoms with van der Waals surface area (Å²) in [5, 5.41) is 9.19. The lowest BCUT2D eigenvalue weighted by Gasteiger charge is -2.11. The van der Waals surface area contributed by atoms with E-state index in [0.717, 1.165) is 24.3 Å². The van der Waals surface area contributed by atoms with Crippen LogP contribution >= 0.6 is 0 Å². The summed E-state index contributed by atoms with van der Waals surface area (Å²) >= 11 is 0. The van der Waals surface area contributed by atoms with E-state index in [0.29, 0.717) is 4.68 Å². The van der Waals surface area contributed by atoms with E-state index in [9.17, 15) is 22.4 Å². The molecule has 0 saturated carbocycles. The molecule has 0 aliphatic heterocycles. The Labute approximate surface area is 177 Å². The second kappa shape index (κ2) is 8.41. The van der Waals surface area contributed by atoms with Crippen molar-refractivity contribution in [1.82, 2.24) is 25.0 Å². The van der Waals surface area contributed by atoms with Gasteiger partial charge in [0.25, 0.3) is 5.91 Å². The lowest BCUT2D eigenvalue weighted by molar-refractivity contribution is -0.143. The highest BCUT2D eigenvalue weighted by molar-refractivity contribution is 6.03. The third-order valence-electron chi connectivity index (χ3n) is 4.08. The van der Waals surface area contributed by atoms with Gasteiger partial charge in [-0.3, -0.25) is 9.78 Å². The lowest BCUT2D eigenvalue weighted by Crippen LogP contribution is -2.21. The molecule has 0 aliphatic carbocycles. The van der Waals surface area contributed by atoms with Crippen molar-refractivity contribution in [3.63, 3.8) is 0 Å². The van der Waals surface area contributed by atoms with E-state index >= 15 is 0 Å². The molecule has 8 nitrogen and oxygen atoms in total. The van der Waals surface area contributed by atoms with Crippen LogP contribution in [0.3, 0.4) is 0 Å². The summed E-state index contributed by atoms with van der Waals surface area (Å²) in [6, 6.07) is 10.1. The maximum Gasteiger partial charge on any atom is 0.435 e. The molecule has 1 amide bonds. The predicted octanol–water partition coefficient (Wildman–Crippen LogP) is 4.26. The Bertz CT molecular complexity index is 1240. The summed E-state index contributed by atoms with van der Waals surface area (Å²) in [4.78, 5) is 20.4. The summed E-state index contributed by atoms with van der Waals surface area (Å²) in [7, 11) is 0. The number of anilines is 1. The summed E-state index contributed by atoms with van der Waals surface area (Å²) in [5.74, 6) is -1.31. The third-order valence-corrected chi connectivity index (χ3v) is 4.08. The molecule has 2 aromatic heterocycles. The van der Waals surface area contributed by atoms with Crippen molar-refractivity contribution in [3.05, 3.63) is 84.3 Å². The molecule has 0 radical (unpaired) electrons. The van der Waals surface area contributed by atoms with E-state index in [1.165, 1.54) is 36.8 Å². The molecule has 0 fully saturated rings. The van der Waals surface area contributed by atoms with Crippen LogP contribution in [0.2, 0.25) is 0 Å². The zero-order valence-corrected chi connectivity index (χ0v) is 15.9. The quantitative estimate of drug-likeness (QED) is 0.463. The first-order valence-electron chi connectivity index (χ1n) is 8.95. The molecule has 4 aromatic rings. The van der Waals surface area contributed by atoms with Crippen LogP contribution in [-0.2, 0) is 6.18 Å². The summed E-state index contributed by atoms with van der Waals surface area (Å²) < 4.78 is 60.2. The highest BCUT2D eigenvalue weighted by Crippen LogP contribution is 2.33. The Morgan fingerprint density at radius 2 is 1.84 bits per heavy atom. The van der Waals surface area contributed by atoms with Gasteiger partial charge in [0.2, 0.25) is 5.88 Å². The van der Waals surface area contributed by atoms with Crippen molar-refractivity contribution in [2.45, 2.75) is 6.18 Å². The highest BCUT2D eigenvalue weighted by atomic mass is 19.4. The lowest BCUT2D eigenvalue weighted by atomic mass is 10.2. The molecular weight excluding hydrogens is 432 g/mol. The molecule has 32 heavy (non-hydrogen) atoms. The van der Waals surface area contributed by atoms with Gasteiger partial charge in [-0.05, 0) is 36.4 Å². The number of benzene rings is 2. The SMILES string of the molecule is O=C(Nc1cccc(Oc2cnccn2)c1)c1nnn(-c2ccc(F)cc2)c1C(F)(F)F. The number of hydrogen-bond acceptors (Lipinski definition) is 6. The van der Waals surface area contributed by atoms with Crippen LogP contribution in [0.25, 0.3) is 5.69 Å². The van der Waals surface area contributed by atoms with Gasteiger partial charge in [0, 0.05) is 24.1 Å². The minimum Gasteiger partial charge on any atom is -0.437 e. The predicted molar refractivity (Wildman–Crippen MR) is 103 cm³/mol. The fourth-order valence-corrected chi connectivity index (χ4v) is 2.74. The van der Waals surface area contributed by atoms with Crippen molar-refractivity contribution in [2.75, 3.05) is 5.32 Å². The van der Waals surface area contributed by atoms with Crippen LogP contribution in [0.1, 0.15) is 16.2 Å². The highest BCUT2D eigenvalue weighted by Gasteiger charge is 2.42. The molecule has 0 unspecified atom stereocenters. The zero-order valence-electron chi connectivity index (χ0n) is 15.9. The maximum atomic E-state index is 13.7. The molecule has 0 bridgehead atoms. The number of nitrogens with one attached hydrogen (secondary N) is 1. The average Bonchev–Trinajstić information content (AvgIpc) is 3.21. The number of ether oxygens (including phenoxy) is 1. The molecule has 0 spiro atoms. The normalized spacial score (nSPS) is 11.2. The first kappa shape index (κ1) is 20.9. The Kier molecular flexibility index (Phi) is 5.50. The zero-order chi connectivity index (χ0) is 22.7. The Balaban J connectivity index is 1.61. The van der Waals surface area contributed by atoms with E-state index in [4.69, 9.17) is 4.74 Å². The number of carbonyl (C=O) groups is 1. The van der Waals surface area contributed by atoms with Crippen molar-refractivity contribution in [2.24, 2.45) is 0 Å². The minimum atomic E-state index is -4.96. The standard InChI is InChI=1S/C20H12F4N6O2/c21-12-4-6-14(7-5-12)30-18(20(22,23)24)17(28-29-30)19(31)27-13-2-1-3-15(10-13)32-16-11-25-8-9-26-16/h1-11H,(H,27,31). The van der Waals surface area contributed by atoms with Gasteiger partial charge in [-0.25, -0.2) is 14.1 Å². The van der Waals surface area contributed by atoms with Crippen LogP contribution in [-0.4, -0.2) is 30.9 Å². The molecule has 2 heterocycles. The van der Waals surface area contributed by atoms with Gasteiger partial charge in [-0.1, -0.05) is 11.3 Å². The molecule has 0 atom stereocenters. The van der Waals surface area contributed by atoms with Crippen molar-refractivity contribution < 1.29 is 27.1 Å². The average molecular weight is 444 g/mol. The van der Waals surface area contributed by atoms with Gasteiger partial charge in [0.15, 0.2) is 11.4 Å². The summed E-state index contributed by atoms with van der Waals surface area (Å²) in [5.41, 5.74) is -2.29. The summed E-state index contributed by atoms with van der Waals surface area (Å²) in [6.07, 6.45) is -0.707. The minimum absolute atomic E-state index is 0.107. The Morgan fingerprint density at radius 3 is 2.53 bits per heavy atom. The molecule has 2 aromatic carbocycles. The molecule has 162 valence electrons. The number of carbonyl (C=O) groups excluding carboxylic acids is 1. The van der Waals surface area contributed by atoms with Crippen LogP contribution < -0.4 is 10.1 Å². The van der Waals surface area contributed by atoms with Crippen molar-refractivity contribution in [1.29, 1.82) is 0 Å². The van der Waals surface area contributed by atoms with E-state index in [1.54, 1.807) is 6.07 Å². The van der Waals surface area contributed by atoms with E-state index < -0.39 is 29.3 Å². The van der Waals surface area contributed by atoms with Gasteiger partial charge in [0.1, 0.15) is 11.6 Å². The fourth-order valence-electron chi connectivity index (χ4n) is 2.74. The first-order chi connectivity index (χ1) is 15.3. The number of halogens is 4. The number of amides is 1. The van der Waals surface area contributed by atoms with Crippen molar-refractivity contribution >= 4 is 11.6 Å². The van der Waals surface area contributed by atoms with Crippen LogP contribution in [0.15, 0.2) is 67.1 Å². The van der Waals surface area contributed by atoms with Gasteiger partial charge >= 0.3 is 6.18 Å². The molecule has 4 rings (SSSR count). The van der Waals surface area contributed by atoms with Crippen LogP contribution in [0.5, 0.6) is 11.6 Å². The van der Waals surface area contributed by atoms with Crippen LogP contribution in [0.4, 0.5) is 23.2 Å². The second-order valence-electron chi connectivity index (χ2n) is 6.30. The van der Waals surface area contributed by atoms with Crippen LogP contribution in [0, 0.1) is 5.82 Å². The van der Waals surface area contributed by atoms with Gasteiger partial charge in [0.05, 0.1) is 11.9 Å². The fraction of sp³-hybridized carbons (Fsp3) is 0.0500. The number of nitrogens with zero attached hydrogens (tertiary/aromatic N) is 5. The molecule has 12 heteroatoms. The number of hydrogen-bond donors (Lipinski definition) is 1. The smallest absolute Gasteiger partial charge is 0.435 e. The van der Waals surface area contributed by atoms with Gasteiger partial charge in [-0.2, -0.15) is 13.2 Å². The third kappa shape index (κ3) is 4.53. The van der Waals surface area contributed by atoms with E-state index in [2.05, 4.69) is 25.6 Å². The monoisotopic (exact) mass is 444 g/mol. The first-order valence-corrected chi connectivity index (χ1v) is 8.95. The van der Waals surface area contributed by atoms with E-state index in [-0.39, 0.29) is 23.0 Å². The van der Waals surface area contributed by atoms with Gasteiger partial charge < -0.3 is 10.1 Å². The van der Waals surface area contributed by atoms with Gasteiger partial charge in [-0.15, -0.1) is 5.10 Å². The molecular formula is C20H12F4N6O2. The Hall–Kier alpha value is -4.35. The number of rotatable bonds is 5. The van der Waals surface area contributed by atoms with E-state index in [1.807, 2.05) is 0 Å². The largest absolute Gasteiger partial charge is 0.437 e. The number of aromatic nitrogens is 5. The molecule has 0 saturated heterocycles. The Morgan fingerprint density at radius 1 is 1.06 bits per heavy atom. The topological polar surface area (TPSA) is 94.8 Å². The summed E-state index contributed by atoms with van der Waals surface area (Å²) in [6.45, 7) is 0. The molecule has 1 N–H and O–H groups in total. The molecule has 0 aliphatic rings.